The third-order valence-corrected chi connectivity index (χ3v) is 6.28. The normalized spacial score (nSPS) is 20.4. The summed E-state index contributed by atoms with van der Waals surface area (Å²) in [5.74, 6) is 0. The SMILES string of the molecule is C[C@H](c1ccsc1)N1CCN(C(=O)NC[C@H](C)[S@@](C)=O)CC1. The van der Waals surface area contributed by atoms with E-state index in [1.807, 2.05) is 11.8 Å². The van der Waals surface area contributed by atoms with Crippen LogP contribution in [0.4, 0.5) is 4.79 Å². The van der Waals surface area contributed by atoms with Crippen LogP contribution in [0.5, 0.6) is 0 Å². The summed E-state index contributed by atoms with van der Waals surface area (Å²) in [5.41, 5.74) is 1.35. The van der Waals surface area contributed by atoms with Crippen LogP contribution in [0.2, 0.25) is 0 Å². The van der Waals surface area contributed by atoms with Crippen LogP contribution in [-0.4, -0.2) is 64.3 Å². The van der Waals surface area contributed by atoms with Gasteiger partial charge in [0.1, 0.15) is 0 Å². The second-order valence-electron chi connectivity index (χ2n) is 5.75. The number of rotatable bonds is 5. The molecule has 22 heavy (non-hydrogen) atoms. The molecule has 2 amide bonds. The van der Waals surface area contributed by atoms with E-state index >= 15 is 0 Å². The third-order valence-electron chi connectivity index (χ3n) is 4.28. The Labute approximate surface area is 139 Å². The first-order valence-electron chi connectivity index (χ1n) is 7.60. The van der Waals surface area contributed by atoms with Crippen molar-refractivity contribution >= 4 is 28.2 Å². The molecule has 5 nitrogen and oxygen atoms in total. The van der Waals surface area contributed by atoms with Gasteiger partial charge in [-0.05, 0) is 36.2 Å². The van der Waals surface area contributed by atoms with Gasteiger partial charge in [0.15, 0.2) is 0 Å². The van der Waals surface area contributed by atoms with Crippen molar-refractivity contribution in [3.63, 3.8) is 0 Å². The van der Waals surface area contributed by atoms with Crippen LogP contribution < -0.4 is 5.32 Å². The first-order chi connectivity index (χ1) is 10.5. The van der Waals surface area contributed by atoms with Gasteiger partial charge >= 0.3 is 6.03 Å². The third kappa shape index (κ3) is 4.54. The minimum Gasteiger partial charge on any atom is -0.337 e. The highest BCUT2D eigenvalue weighted by molar-refractivity contribution is 7.84. The number of nitrogens with zero attached hydrogens (tertiary/aromatic N) is 2. The van der Waals surface area contributed by atoms with E-state index < -0.39 is 10.8 Å². The highest BCUT2D eigenvalue weighted by Gasteiger charge is 2.25. The van der Waals surface area contributed by atoms with E-state index in [-0.39, 0.29) is 11.3 Å². The highest BCUT2D eigenvalue weighted by Crippen LogP contribution is 2.23. The van der Waals surface area contributed by atoms with Crippen molar-refractivity contribution in [2.24, 2.45) is 0 Å². The van der Waals surface area contributed by atoms with Gasteiger partial charge < -0.3 is 10.2 Å². The Morgan fingerprint density at radius 1 is 1.36 bits per heavy atom. The van der Waals surface area contributed by atoms with Crippen LogP contribution in [0.3, 0.4) is 0 Å². The molecule has 2 heterocycles. The fourth-order valence-electron chi connectivity index (χ4n) is 2.50. The highest BCUT2D eigenvalue weighted by atomic mass is 32.2. The topological polar surface area (TPSA) is 52.6 Å². The second kappa shape index (κ2) is 8.08. The Morgan fingerprint density at radius 3 is 2.59 bits per heavy atom. The summed E-state index contributed by atoms with van der Waals surface area (Å²) in [5, 5.41) is 7.17. The maximum absolute atomic E-state index is 12.1. The fourth-order valence-corrected chi connectivity index (χ4v) is 3.56. The zero-order valence-electron chi connectivity index (χ0n) is 13.4. The smallest absolute Gasteiger partial charge is 0.317 e. The number of urea groups is 1. The van der Waals surface area contributed by atoms with Crippen LogP contribution in [-0.2, 0) is 10.8 Å². The Kier molecular flexibility index (Phi) is 6.40. The quantitative estimate of drug-likeness (QED) is 0.888. The number of nitrogens with one attached hydrogen (secondary N) is 1. The molecule has 3 atom stereocenters. The molecule has 1 N–H and O–H groups in total. The predicted octanol–water partition coefficient (Wildman–Crippen LogP) is 1.90. The van der Waals surface area contributed by atoms with Gasteiger partial charge in [-0.2, -0.15) is 11.3 Å². The van der Waals surface area contributed by atoms with Crippen LogP contribution in [0.1, 0.15) is 25.5 Å². The molecule has 0 aromatic carbocycles. The van der Waals surface area contributed by atoms with Crippen molar-refractivity contribution in [1.29, 1.82) is 0 Å². The molecule has 1 fully saturated rings. The summed E-state index contributed by atoms with van der Waals surface area (Å²) in [6, 6.07) is 2.53. The molecule has 2 rings (SSSR count). The lowest BCUT2D eigenvalue weighted by Gasteiger charge is -2.38. The summed E-state index contributed by atoms with van der Waals surface area (Å²) in [7, 11) is -0.901. The predicted molar refractivity (Wildman–Crippen MR) is 92.8 cm³/mol. The largest absolute Gasteiger partial charge is 0.337 e. The molecular weight excluding hydrogens is 318 g/mol. The van der Waals surface area contributed by atoms with Crippen molar-refractivity contribution in [3.05, 3.63) is 22.4 Å². The number of piperazine rings is 1. The van der Waals surface area contributed by atoms with Gasteiger partial charge in [-0.25, -0.2) is 4.79 Å². The number of thiophene rings is 1. The van der Waals surface area contributed by atoms with Gasteiger partial charge in [0.05, 0.1) is 0 Å². The minimum atomic E-state index is -0.901. The molecular formula is C15H25N3O2S2. The molecule has 0 spiro atoms. The van der Waals surface area contributed by atoms with E-state index in [1.165, 1.54) is 5.56 Å². The standard InChI is InChI=1S/C15H25N3O2S2/c1-12(22(3)20)10-16-15(19)18-7-5-17(6-8-18)13(2)14-4-9-21-11-14/h4,9,11-13H,5-8,10H2,1-3H3,(H,16,19)/t12-,13+,22+/m0/s1. The maximum atomic E-state index is 12.1. The molecule has 1 aliphatic rings. The molecule has 0 radical (unpaired) electrons. The summed E-state index contributed by atoms with van der Waals surface area (Å²) in [6.45, 7) is 7.83. The molecule has 0 aliphatic carbocycles. The van der Waals surface area contributed by atoms with Crippen molar-refractivity contribution in [3.8, 4) is 0 Å². The lowest BCUT2D eigenvalue weighted by atomic mass is 10.1. The van der Waals surface area contributed by atoms with Crippen molar-refractivity contribution in [2.75, 3.05) is 39.0 Å². The van der Waals surface area contributed by atoms with Crippen molar-refractivity contribution < 1.29 is 9.00 Å². The lowest BCUT2D eigenvalue weighted by molar-refractivity contribution is 0.114. The van der Waals surface area contributed by atoms with Crippen LogP contribution in [0, 0.1) is 0 Å². The Bertz CT molecular complexity index is 499. The van der Waals surface area contributed by atoms with E-state index in [0.29, 0.717) is 12.6 Å². The van der Waals surface area contributed by atoms with Crippen molar-refractivity contribution in [1.82, 2.24) is 15.1 Å². The summed E-state index contributed by atoms with van der Waals surface area (Å²) < 4.78 is 11.3. The van der Waals surface area contributed by atoms with E-state index in [9.17, 15) is 9.00 Å². The van der Waals surface area contributed by atoms with Gasteiger partial charge in [-0.1, -0.05) is 0 Å². The molecule has 1 aliphatic heterocycles. The average Bonchev–Trinajstić information content (AvgIpc) is 3.06. The number of hydrogen-bond acceptors (Lipinski definition) is 4. The molecule has 124 valence electrons. The van der Waals surface area contributed by atoms with Crippen LogP contribution in [0.25, 0.3) is 0 Å². The Hall–Kier alpha value is -0.920. The number of carbonyl (C=O) groups is 1. The number of carbonyl (C=O) groups excluding carboxylic acids is 1. The van der Waals surface area contributed by atoms with Crippen LogP contribution >= 0.6 is 11.3 Å². The summed E-state index contributed by atoms with van der Waals surface area (Å²) >= 11 is 1.72. The molecule has 1 aromatic heterocycles. The fraction of sp³-hybridized carbons (Fsp3) is 0.667. The summed E-state index contributed by atoms with van der Waals surface area (Å²) in [4.78, 5) is 16.4. The van der Waals surface area contributed by atoms with Gasteiger partial charge in [0, 0.05) is 61.1 Å². The number of amides is 2. The van der Waals surface area contributed by atoms with Gasteiger partial charge in [-0.3, -0.25) is 9.11 Å². The minimum absolute atomic E-state index is 0.0103. The molecule has 0 unspecified atom stereocenters. The van der Waals surface area contributed by atoms with Gasteiger partial charge in [0.2, 0.25) is 0 Å². The first kappa shape index (κ1) is 17.4. The molecule has 7 heteroatoms. The summed E-state index contributed by atoms with van der Waals surface area (Å²) in [6.07, 6.45) is 1.67. The van der Waals surface area contributed by atoms with Gasteiger partial charge in [-0.15, -0.1) is 0 Å². The average molecular weight is 344 g/mol. The Balaban J connectivity index is 1.77. The first-order valence-corrected chi connectivity index (χ1v) is 10.2. The monoisotopic (exact) mass is 343 g/mol. The zero-order chi connectivity index (χ0) is 16.1. The number of hydrogen-bond donors (Lipinski definition) is 1. The van der Waals surface area contributed by atoms with Gasteiger partial charge in [0.25, 0.3) is 0 Å². The lowest BCUT2D eigenvalue weighted by Crippen LogP contribution is -2.52. The molecule has 0 saturated carbocycles. The Morgan fingerprint density at radius 2 is 2.05 bits per heavy atom. The van der Waals surface area contributed by atoms with E-state index in [2.05, 4.69) is 34.0 Å². The van der Waals surface area contributed by atoms with Crippen LogP contribution in [0.15, 0.2) is 16.8 Å². The van der Waals surface area contributed by atoms with E-state index in [0.717, 1.165) is 26.2 Å². The molecule has 1 saturated heterocycles. The van der Waals surface area contributed by atoms with E-state index in [1.54, 1.807) is 17.6 Å². The van der Waals surface area contributed by atoms with E-state index in [4.69, 9.17) is 0 Å². The second-order valence-corrected chi connectivity index (χ2v) is 8.33. The zero-order valence-corrected chi connectivity index (χ0v) is 15.1. The maximum Gasteiger partial charge on any atom is 0.317 e. The molecule has 0 bridgehead atoms. The van der Waals surface area contributed by atoms with Crippen molar-refractivity contribution in [2.45, 2.75) is 25.1 Å². The molecule has 1 aromatic rings.